The topological polar surface area (TPSA) is 61.8 Å². The Kier molecular flexibility index (Phi) is 4.01. The van der Waals surface area contributed by atoms with E-state index in [1.54, 1.807) is 18.2 Å². The van der Waals surface area contributed by atoms with Gasteiger partial charge < -0.3 is 9.47 Å². The maximum absolute atomic E-state index is 11.9. The third kappa shape index (κ3) is 2.72. The minimum absolute atomic E-state index is 0.145. The van der Waals surface area contributed by atoms with Gasteiger partial charge in [0.15, 0.2) is 0 Å². The zero-order valence-electron chi connectivity index (χ0n) is 10.4. The van der Waals surface area contributed by atoms with Crippen LogP contribution in [0.1, 0.15) is 17.2 Å². The number of benzene rings is 1. The molecule has 2 rings (SSSR count). The first kappa shape index (κ1) is 13.5. The fourth-order valence-electron chi connectivity index (χ4n) is 1.90. The summed E-state index contributed by atoms with van der Waals surface area (Å²) in [5.74, 6) is 0. The van der Waals surface area contributed by atoms with Crippen molar-refractivity contribution in [2.45, 2.75) is 17.9 Å². The molecule has 0 amide bonds. The van der Waals surface area contributed by atoms with Crippen LogP contribution in [0.4, 0.5) is 0 Å². The molecule has 1 aliphatic heterocycles. The van der Waals surface area contributed by atoms with E-state index in [0.29, 0.717) is 25.4 Å². The quantitative estimate of drug-likeness (QED) is 0.779. The Hall–Kier alpha value is -0.950. The molecule has 0 N–H and O–H groups in total. The SMILES string of the molecule is COS(=O)(=O)c1ccc(C)cc1[C@@H]1COCCO1. The second-order valence-electron chi connectivity index (χ2n) is 4.10. The number of ether oxygens (including phenoxy) is 2. The molecule has 6 heteroatoms. The molecule has 1 aliphatic rings. The van der Waals surface area contributed by atoms with Crippen molar-refractivity contribution >= 4 is 10.1 Å². The zero-order chi connectivity index (χ0) is 13.2. The van der Waals surface area contributed by atoms with E-state index in [1.807, 2.05) is 6.92 Å². The predicted octanol–water partition coefficient (Wildman–Crippen LogP) is 1.42. The maximum atomic E-state index is 11.9. The molecule has 0 spiro atoms. The molecule has 5 nitrogen and oxygen atoms in total. The highest BCUT2D eigenvalue weighted by Crippen LogP contribution is 2.29. The Labute approximate surface area is 107 Å². The summed E-state index contributed by atoms with van der Waals surface area (Å²) < 4.78 is 39.2. The molecule has 1 aromatic rings. The summed E-state index contributed by atoms with van der Waals surface area (Å²) in [6.45, 7) is 3.26. The van der Waals surface area contributed by atoms with Crippen LogP contribution >= 0.6 is 0 Å². The van der Waals surface area contributed by atoms with Crippen LogP contribution in [0, 0.1) is 6.92 Å². The van der Waals surface area contributed by atoms with Gasteiger partial charge in [0.25, 0.3) is 10.1 Å². The van der Waals surface area contributed by atoms with Crippen molar-refractivity contribution in [1.82, 2.24) is 0 Å². The highest BCUT2D eigenvalue weighted by Gasteiger charge is 2.26. The van der Waals surface area contributed by atoms with Crippen molar-refractivity contribution in [3.8, 4) is 0 Å². The van der Waals surface area contributed by atoms with Crippen LogP contribution in [0.15, 0.2) is 23.1 Å². The van der Waals surface area contributed by atoms with E-state index in [1.165, 1.54) is 0 Å². The van der Waals surface area contributed by atoms with E-state index in [2.05, 4.69) is 4.18 Å². The Morgan fingerprint density at radius 1 is 1.33 bits per heavy atom. The normalized spacial score (nSPS) is 20.9. The molecule has 1 aromatic carbocycles. The first-order chi connectivity index (χ1) is 8.54. The number of aryl methyl sites for hydroxylation is 1. The predicted molar refractivity (Wildman–Crippen MR) is 64.9 cm³/mol. The first-order valence-corrected chi connectivity index (χ1v) is 7.06. The van der Waals surface area contributed by atoms with Gasteiger partial charge >= 0.3 is 0 Å². The van der Waals surface area contributed by atoms with Crippen LogP contribution in [0.3, 0.4) is 0 Å². The lowest BCUT2D eigenvalue weighted by molar-refractivity contribution is -0.0912. The minimum atomic E-state index is -3.73. The molecule has 1 atom stereocenters. The number of hydrogen-bond acceptors (Lipinski definition) is 5. The van der Waals surface area contributed by atoms with Crippen LogP contribution in [0.25, 0.3) is 0 Å². The monoisotopic (exact) mass is 272 g/mol. The van der Waals surface area contributed by atoms with E-state index in [0.717, 1.165) is 12.7 Å². The van der Waals surface area contributed by atoms with E-state index >= 15 is 0 Å². The summed E-state index contributed by atoms with van der Waals surface area (Å²) in [5.41, 5.74) is 1.56. The van der Waals surface area contributed by atoms with Gasteiger partial charge in [-0.05, 0) is 13.0 Å². The van der Waals surface area contributed by atoms with Gasteiger partial charge in [0.2, 0.25) is 0 Å². The fourth-order valence-corrected chi connectivity index (χ4v) is 2.80. The van der Waals surface area contributed by atoms with Gasteiger partial charge in [-0.25, -0.2) is 0 Å². The lowest BCUT2D eigenvalue weighted by atomic mass is 10.1. The third-order valence-electron chi connectivity index (χ3n) is 2.82. The van der Waals surface area contributed by atoms with Crippen molar-refractivity contribution < 1.29 is 22.1 Å². The van der Waals surface area contributed by atoms with E-state index in [4.69, 9.17) is 9.47 Å². The number of hydrogen-bond donors (Lipinski definition) is 0. The van der Waals surface area contributed by atoms with Crippen molar-refractivity contribution in [1.29, 1.82) is 0 Å². The van der Waals surface area contributed by atoms with E-state index in [9.17, 15) is 8.42 Å². The highest BCUT2D eigenvalue weighted by molar-refractivity contribution is 7.86. The van der Waals surface area contributed by atoms with E-state index in [-0.39, 0.29) is 11.0 Å². The van der Waals surface area contributed by atoms with Crippen LogP contribution in [-0.2, 0) is 23.8 Å². The summed E-state index contributed by atoms with van der Waals surface area (Å²) in [6, 6.07) is 5.08. The van der Waals surface area contributed by atoms with Gasteiger partial charge in [-0.2, -0.15) is 8.42 Å². The van der Waals surface area contributed by atoms with Crippen LogP contribution < -0.4 is 0 Å². The Bertz CT molecular complexity index is 517. The summed E-state index contributed by atoms with van der Waals surface area (Å²) in [6.07, 6.45) is -0.362. The fraction of sp³-hybridized carbons (Fsp3) is 0.500. The van der Waals surface area contributed by atoms with Gasteiger partial charge in [0.1, 0.15) is 6.10 Å². The summed E-state index contributed by atoms with van der Waals surface area (Å²) in [4.78, 5) is 0.145. The average Bonchev–Trinajstić information content (AvgIpc) is 2.39. The molecule has 0 radical (unpaired) electrons. The smallest absolute Gasteiger partial charge is 0.297 e. The lowest BCUT2D eigenvalue weighted by Gasteiger charge is -2.25. The molecule has 1 saturated heterocycles. The van der Waals surface area contributed by atoms with Crippen LogP contribution in [-0.4, -0.2) is 35.3 Å². The van der Waals surface area contributed by atoms with Gasteiger partial charge in [-0.1, -0.05) is 17.7 Å². The molecule has 0 aliphatic carbocycles. The van der Waals surface area contributed by atoms with Crippen LogP contribution in [0.2, 0.25) is 0 Å². The molecule has 0 saturated carbocycles. The molecule has 1 heterocycles. The van der Waals surface area contributed by atoms with Crippen molar-refractivity contribution in [3.63, 3.8) is 0 Å². The molecule has 0 aromatic heterocycles. The Morgan fingerprint density at radius 3 is 2.72 bits per heavy atom. The molecule has 1 fully saturated rings. The molecular formula is C12H16O5S. The van der Waals surface area contributed by atoms with Crippen molar-refractivity contribution in [2.24, 2.45) is 0 Å². The number of rotatable bonds is 3. The van der Waals surface area contributed by atoms with Gasteiger partial charge in [0, 0.05) is 5.56 Å². The van der Waals surface area contributed by atoms with Crippen molar-refractivity contribution in [2.75, 3.05) is 26.9 Å². The lowest BCUT2D eigenvalue weighted by Crippen LogP contribution is -2.23. The van der Waals surface area contributed by atoms with Gasteiger partial charge in [-0.3, -0.25) is 4.18 Å². The van der Waals surface area contributed by atoms with E-state index < -0.39 is 10.1 Å². The molecule has 0 unspecified atom stereocenters. The summed E-state index contributed by atoms with van der Waals surface area (Å²) in [5, 5.41) is 0. The average molecular weight is 272 g/mol. The Morgan fingerprint density at radius 2 is 2.11 bits per heavy atom. The van der Waals surface area contributed by atoms with Crippen molar-refractivity contribution in [3.05, 3.63) is 29.3 Å². The second-order valence-corrected chi connectivity index (χ2v) is 5.78. The van der Waals surface area contributed by atoms with Gasteiger partial charge in [0.05, 0.1) is 31.8 Å². The second kappa shape index (κ2) is 5.36. The third-order valence-corrected chi connectivity index (χ3v) is 4.17. The summed E-state index contributed by atoms with van der Waals surface area (Å²) >= 11 is 0. The molecule has 100 valence electrons. The molecule has 18 heavy (non-hydrogen) atoms. The zero-order valence-corrected chi connectivity index (χ0v) is 11.2. The highest BCUT2D eigenvalue weighted by atomic mass is 32.2. The minimum Gasteiger partial charge on any atom is -0.376 e. The molecular weight excluding hydrogens is 256 g/mol. The largest absolute Gasteiger partial charge is 0.376 e. The Balaban J connectivity index is 2.46. The van der Waals surface area contributed by atoms with Gasteiger partial charge in [-0.15, -0.1) is 0 Å². The standard InChI is InChI=1S/C12H16O5S/c1-9-3-4-12(18(13,14)15-2)10(7-9)11-8-16-5-6-17-11/h3-4,7,11H,5-6,8H2,1-2H3/t11-/m0/s1. The summed E-state index contributed by atoms with van der Waals surface area (Å²) in [7, 11) is -2.58. The molecule has 0 bridgehead atoms. The van der Waals surface area contributed by atoms with Crippen LogP contribution in [0.5, 0.6) is 0 Å². The maximum Gasteiger partial charge on any atom is 0.297 e. The first-order valence-electron chi connectivity index (χ1n) is 5.65.